The van der Waals surface area contributed by atoms with E-state index >= 15 is 0 Å². The van der Waals surface area contributed by atoms with Gasteiger partial charge in [0.15, 0.2) is 5.11 Å². The number of hydrogen-bond acceptors (Lipinski definition) is 4. The molecule has 1 aliphatic rings. The largest absolute Gasteiger partial charge is 0.463 e. The summed E-state index contributed by atoms with van der Waals surface area (Å²) in [5.74, 6) is -0.706. The molecule has 7 heteroatoms. The number of allylic oxidation sites excluding steroid dienone is 1. The van der Waals surface area contributed by atoms with Gasteiger partial charge in [0.1, 0.15) is 5.82 Å². The number of benzene rings is 1. The van der Waals surface area contributed by atoms with E-state index in [9.17, 15) is 9.18 Å². The van der Waals surface area contributed by atoms with Gasteiger partial charge in [-0.3, -0.25) is 0 Å². The number of halogens is 1. The zero-order valence-electron chi connectivity index (χ0n) is 15.7. The van der Waals surface area contributed by atoms with Crippen molar-refractivity contribution >= 4 is 23.3 Å². The fourth-order valence-electron chi connectivity index (χ4n) is 2.97. The Bertz CT molecular complexity index is 689. The Balaban J connectivity index is 2.36. The van der Waals surface area contributed by atoms with Crippen molar-refractivity contribution in [2.24, 2.45) is 0 Å². The van der Waals surface area contributed by atoms with Crippen molar-refractivity contribution in [3.05, 3.63) is 46.9 Å². The van der Waals surface area contributed by atoms with E-state index in [1.807, 2.05) is 25.9 Å². The topological polar surface area (TPSA) is 44.8 Å². The van der Waals surface area contributed by atoms with Crippen molar-refractivity contribution in [3.8, 4) is 0 Å². The molecule has 1 atom stereocenters. The van der Waals surface area contributed by atoms with E-state index in [1.54, 1.807) is 19.1 Å². The molecule has 0 spiro atoms. The number of esters is 1. The van der Waals surface area contributed by atoms with Crippen LogP contribution < -0.4 is 5.32 Å². The second kappa shape index (κ2) is 9.09. The van der Waals surface area contributed by atoms with Crippen molar-refractivity contribution in [2.75, 3.05) is 33.8 Å². The Morgan fingerprint density at radius 1 is 1.35 bits per heavy atom. The molecule has 1 heterocycles. The van der Waals surface area contributed by atoms with E-state index in [2.05, 4.69) is 10.2 Å². The number of nitrogens with zero attached hydrogens (tertiary/aromatic N) is 2. The molecule has 0 unspecified atom stereocenters. The fraction of sp³-hybridized carbons (Fsp3) is 0.474. The second-order valence-electron chi connectivity index (χ2n) is 6.46. The summed E-state index contributed by atoms with van der Waals surface area (Å²) >= 11 is 5.53. The Morgan fingerprint density at radius 2 is 2.00 bits per heavy atom. The summed E-state index contributed by atoms with van der Waals surface area (Å²) in [6, 6.07) is 5.61. The van der Waals surface area contributed by atoms with E-state index in [1.165, 1.54) is 12.1 Å². The highest BCUT2D eigenvalue weighted by Crippen LogP contribution is 2.31. The molecule has 1 N–H and O–H groups in total. The molecule has 5 nitrogen and oxygen atoms in total. The third-order valence-electron chi connectivity index (χ3n) is 4.28. The van der Waals surface area contributed by atoms with Crippen LogP contribution in [0.3, 0.4) is 0 Å². The van der Waals surface area contributed by atoms with Gasteiger partial charge in [0.25, 0.3) is 0 Å². The SMILES string of the molecule is CCOC(=O)C1=C(C)N(CCCN(C)C)C(=S)N[C@@H]1c1ccc(F)cc1. The van der Waals surface area contributed by atoms with Crippen LogP contribution in [0.1, 0.15) is 31.9 Å². The van der Waals surface area contributed by atoms with Gasteiger partial charge < -0.3 is 19.9 Å². The Labute approximate surface area is 159 Å². The lowest BCUT2D eigenvalue weighted by molar-refractivity contribution is -0.139. The molecule has 0 fully saturated rings. The molecule has 1 aromatic rings. The van der Waals surface area contributed by atoms with E-state index in [0.29, 0.717) is 17.2 Å². The smallest absolute Gasteiger partial charge is 0.338 e. The summed E-state index contributed by atoms with van der Waals surface area (Å²) in [5, 5.41) is 3.78. The van der Waals surface area contributed by atoms with Crippen LogP contribution in [0.25, 0.3) is 0 Å². The lowest BCUT2D eigenvalue weighted by Crippen LogP contribution is -2.48. The highest BCUT2D eigenvalue weighted by molar-refractivity contribution is 7.80. The monoisotopic (exact) mass is 379 g/mol. The van der Waals surface area contributed by atoms with Gasteiger partial charge in [0.05, 0.1) is 18.2 Å². The minimum atomic E-state index is -0.452. The Morgan fingerprint density at radius 3 is 2.58 bits per heavy atom. The minimum absolute atomic E-state index is 0.289. The number of rotatable bonds is 7. The molecule has 0 saturated heterocycles. The summed E-state index contributed by atoms with van der Waals surface area (Å²) in [6.07, 6.45) is 0.906. The second-order valence-corrected chi connectivity index (χ2v) is 6.85. The molecule has 0 aliphatic carbocycles. The van der Waals surface area contributed by atoms with Gasteiger partial charge in [-0.05, 0) is 70.8 Å². The zero-order chi connectivity index (χ0) is 19.3. The first-order valence-electron chi connectivity index (χ1n) is 8.71. The average molecular weight is 380 g/mol. The molecule has 0 saturated carbocycles. The lowest BCUT2D eigenvalue weighted by atomic mass is 9.95. The standard InChI is InChI=1S/C19H26FN3O2S/c1-5-25-18(24)16-13(2)23(12-6-11-22(3)4)19(26)21-17(16)14-7-9-15(20)10-8-14/h7-10,17H,5-6,11-12H2,1-4H3,(H,21,26)/t17-/m1/s1. The first kappa shape index (κ1) is 20.3. The quantitative estimate of drug-likeness (QED) is 0.581. The van der Waals surface area contributed by atoms with Crippen molar-refractivity contribution in [1.82, 2.24) is 15.1 Å². The van der Waals surface area contributed by atoms with Crippen LogP contribution in [0.4, 0.5) is 4.39 Å². The number of ether oxygens (including phenoxy) is 1. The van der Waals surface area contributed by atoms with Crippen LogP contribution >= 0.6 is 12.2 Å². The highest BCUT2D eigenvalue weighted by atomic mass is 32.1. The third-order valence-corrected chi connectivity index (χ3v) is 4.62. The Kier molecular flexibility index (Phi) is 7.11. The van der Waals surface area contributed by atoms with E-state index in [0.717, 1.165) is 24.2 Å². The van der Waals surface area contributed by atoms with Crippen LogP contribution in [-0.4, -0.2) is 54.7 Å². The van der Waals surface area contributed by atoms with Crippen molar-refractivity contribution in [3.63, 3.8) is 0 Å². The zero-order valence-corrected chi connectivity index (χ0v) is 16.5. The predicted octanol–water partition coefficient (Wildman–Crippen LogP) is 2.85. The van der Waals surface area contributed by atoms with Gasteiger partial charge in [0, 0.05) is 12.2 Å². The van der Waals surface area contributed by atoms with Crippen molar-refractivity contribution in [2.45, 2.75) is 26.3 Å². The molecular weight excluding hydrogens is 353 g/mol. The van der Waals surface area contributed by atoms with Crippen molar-refractivity contribution in [1.29, 1.82) is 0 Å². The highest BCUT2D eigenvalue weighted by Gasteiger charge is 2.34. The third kappa shape index (κ3) is 4.80. The summed E-state index contributed by atoms with van der Waals surface area (Å²) in [7, 11) is 4.04. The molecule has 0 aromatic heterocycles. The Hall–Kier alpha value is -1.99. The number of carbonyl (C=O) groups excluding carboxylic acids is 1. The van der Waals surface area contributed by atoms with Crippen LogP contribution in [0.5, 0.6) is 0 Å². The van der Waals surface area contributed by atoms with Crippen LogP contribution in [-0.2, 0) is 9.53 Å². The van der Waals surface area contributed by atoms with Gasteiger partial charge in [-0.15, -0.1) is 0 Å². The van der Waals surface area contributed by atoms with Crippen molar-refractivity contribution < 1.29 is 13.9 Å². The van der Waals surface area contributed by atoms with Crippen LogP contribution in [0.2, 0.25) is 0 Å². The lowest BCUT2D eigenvalue weighted by Gasteiger charge is -2.37. The van der Waals surface area contributed by atoms with Gasteiger partial charge in [0.2, 0.25) is 0 Å². The summed E-state index contributed by atoms with van der Waals surface area (Å²) in [5.41, 5.74) is 2.06. The maximum atomic E-state index is 13.3. The summed E-state index contributed by atoms with van der Waals surface area (Å²) in [4.78, 5) is 16.7. The van der Waals surface area contributed by atoms with Gasteiger partial charge >= 0.3 is 5.97 Å². The normalized spacial score (nSPS) is 17.5. The molecule has 1 aromatic carbocycles. The molecule has 2 rings (SSSR count). The van der Waals surface area contributed by atoms with Gasteiger partial charge in [-0.2, -0.15) is 0 Å². The van der Waals surface area contributed by atoms with Gasteiger partial charge in [-0.1, -0.05) is 12.1 Å². The number of nitrogens with one attached hydrogen (secondary N) is 1. The maximum Gasteiger partial charge on any atom is 0.338 e. The summed E-state index contributed by atoms with van der Waals surface area (Å²) in [6.45, 7) is 5.57. The van der Waals surface area contributed by atoms with E-state index in [4.69, 9.17) is 17.0 Å². The molecule has 0 amide bonds. The molecular formula is C19H26FN3O2S. The first-order chi connectivity index (χ1) is 12.3. The minimum Gasteiger partial charge on any atom is -0.463 e. The maximum absolute atomic E-state index is 13.3. The summed E-state index contributed by atoms with van der Waals surface area (Å²) < 4.78 is 18.6. The van der Waals surface area contributed by atoms with Crippen LogP contribution in [0.15, 0.2) is 35.5 Å². The molecule has 0 radical (unpaired) electrons. The van der Waals surface area contributed by atoms with E-state index < -0.39 is 6.04 Å². The molecule has 142 valence electrons. The molecule has 26 heavy (non-hydrogen) atoms. The first-order valence-corrected chi connectivity index (χ1v) is 9.12. The molecule has 1 aliphatic heterocycles. The van der Waals surface area contributed by atoms with E-state index in [-0.39, 0.29) is 18.4 Å². The number of thiocarbonyl (C=S) groups is 1. The number of carbonyl (C=O) groups is 1. The van der Waals surface area contributed by atoms with Crippen LogP contribution in [0, 0.1) is 5.82 Å². The fourth-order valence-corrected chi connectivity index (χ4v) is 3.32. The van der Waals surface area contributed by atoms with Gasteiger partial charge in [-0.25, -0.2) is 9.18 Å². The predicted molar refractivity (Wildman–Crippen MR) is 104 cm³/mol. The molecule has 0 bridgehead atoms. The number of hydrogen-bond donors (Lipinski definition) is 1. The average Bonchev–Trinajstić information content (AvgIpc) is 2.58.